The first kappa shape index (κ1) is 19.2. The van der Waals surface area contributed by atoms with Crippen LogP contribution in [0.3, 0.4) is 0 Å². The second-order valence-corrected chi connectivity index (χ2v) is 8.56. The second-order valence-electron chi connectivity index (χ2n) is 8.56. The summed E-state index contributed by atoms with van der Waals surface area (Å²) < 4.78 is 0. The molecule has 4 heteroatoms. The summed E-state index contributed by atoms with van der Waals surface area (Å²) in [4.78, 5) is 8.97. The number of amidine groups is 1. The predicted octanol–water partition coefficient (Wildman–Crippen LogP) is 6.14. The molecule has 1 aromatic heterocycles. The zero-order valence-electron chi connectivity index (χ0n) is 17.4. The number of nitrogens with zero attached hydrogens (tertiary/aromatic N) is 4. The van der Waals surface area contributed by atoms with Crippen molar-refractivity contribution in [3.63, 3.8) is 0 Å². The van der Waals surface area contributed by atoms with Crippen LogP contribution < -0.4 is 0 Å². The van der Waals surface area contributed by atoms with Crippen LogP contribution in [-0.2, 0) is 11.8 Å². The summed E-state index contributed by atoms with van der Waals surface area (Å²) in [5, 5.41) is 8.69. The van der Waals surface area contributed by atoms with Crippen LogP contribution in [-0.4, -0.2) is 17.0 Å². The lowest BCUT2D eigenvalue weighted by molar-refractivity contribution is 0.589. The van der Waals surface area contributed by atoms with E-state index in [4.69, 9.17) is 4.99 Å². The van der Waals surface area contributed by atoms with Crippen molar-refractivity contribution >= 4 is 5.84 Å². The minimum atomic E-state index is -0.145. The summed E-state index contributed by atoms with van der Waals surface area (Å²) in [6.07, 6.45) is 2.46. The highest BCUT2D eigenvalue weighted by Crippen LogP contribution is 2.24. The average Bonchev–Trinajstić information content (AvgIpc) is 3.16. The quantitative estimate of drug-likeness (QED) is 0.535. The average molecular weight is 383 g/mol. The zero-order chi connectivity index (χ0) is 20.4. The van der Waals surface area contributed by atoms with Gasteiger partial charge in [0.05, 0.1) is 0 Å². The third-order valence-electron chi connectivity index (χ3n) is 5.17. The van der Waals surface area contributed by atoms with E-state index in [9.17, 15) is 0 Å². The van der Waals surface area contributed by atoms with Crippen LogP contribution in [0.15, 0.2) is 82.1 Å². The Labute approximate surface area is 172 Å². The molecule has 146 valence electrons. The number of pyridine rings is 1. The summed E-state index contributed by atoms with van der Waals surface area (Å²) in [6, 6.07) is 21.2. The van der Waals surface area contributed by atoms with E-state index in [0.717, 1.165) is 28.8 Å². The predicted molar refractivity (Wildman–Crippen MR) is 118 cm³/mol. The van der Waals surface area contributed by atoms with Crippen LogP contribution in [0.4, 0.5) is 0 Å². The summed E-state index contributed by atoms with van der Waals surface area (Å²) in [7, 11) is 0. The van der Waals surface area contributed by atoms with Gasteiger partial charge in [-0.2, -0.15) is 5.11 Å². The van der Waals surface area contributed by atoms with Crippen molar-refractivity contribution < 1.29 is 0 Å². The molecule has 3 aromatic rings. The summed E-state index contributed by atoms with van der Waals surface area (Å²) in [6.45, 7) is 8.68. The molecule has 29 heavy (non-hydrogen) atoms. The van der Waals surface area contributed by atoms with Crippen molar-refractivity contribution in [2.24, 2.45) is 15.2 Å². The van der Waals surface area contributed by atoms with Crippen LogP contribution in [0.2, 0.25) is 0 Å². The van der Waals surface area contributed by atoms with Crippen molar-refractivity contribution in [2.45, 2.75) is 45.7 Å². The first-order valence-electron chi connectivity index (χ1n) is 10.00. The van der Waals surface area contributed by atoms with E-state index in [0.29, 0.717) is 5.84 Å². The fraction of sp³-hybridized carbons (Fsp3) is 0.280. The SMILES string of the molecule is Cc1cc(-c2ccc(C3=NC(Cc4ccc(C(C)(C)C)cc4)N=N3)cc2)ccn1. The molecule has 0 N–H and O–H groups in total. The number of azo groups is 1. The highest BCUT2D eigenvalue weighted by atomic mass is 15.3. The Hall–Kier alpha value is -3.14. The topological polar surface area (TPSA) is 50.0 Å². The fourth-order valence-electron chi connectivity index (χ4n) is 3.42. The van der Waals surface area contributed by atoms with E-state index in [1.54, 1.807) is 0 Å². The molecule has 2 heterocycles. The van der Waals surface area contributed by atoms with Gasteiger partial charge < -0.3 is 0 Å². The van der Waals surface area contributed by atoms with E-state index in [1.165, 1.54) is 11.1 Å². The molecule has 1 unspecified atom stereocenters. The van der Waals surface area contributed by atoms with E-state index in [-0.39, 0.29) is 11.6 Å². The Morgan fingerprint density at radius 1 is 0.828 bits per heavy atom. The number of hydrogen-bond acceptors (Lipinski definition) is 4. The van der Waals surface area contributed by atoms with E-state index in [1.807, 2.05) is 19.2 Å². The first-order chi connectivity index (χ1) is 13.9. The van der Waals surface area contributed by atoms with Gasteiger partial charge in [-0.05, 0) is 46.7 Å². The van der Waals surface area contributed by atoms with E-state index in [2.05, 4.69) is 90.6 Å². The third kappa shape index (κ3) is 4.48. The number of aromatic nitrogens is 1. The largest absolute Gasteiger partial charge is 0.262 e. The van der Waals surface area contributed by atoms with Gasteiger partial charge in [-0.25, -0.2) is 4.99 Å². The molecule has 1 atom stereocenters. The zero-order valence-corrected chi connectivity index (χ0v) is 17.4. The summed E-state index contributed by atoms with van der Waals surface area (Å²) >= 11 is 0. The van der Waals surface area contributed by atoms with Crippen LogP contribution in [0.5, 0.6) is 0 Å². The molecule has 4 rings (SSSR count). The highest BCUT2D eigenvalue weighted by Gasteiger charge is 2.17. The molecule has 1 aliphatic heterocycles. The lowest BCUT2D eigenvalue weighted by Gasteiger charge is -2.19. The number of hydrogen-bond donors (Lipinski definition) is 0. The highest BCUT2D eigenvalue weighted by molar-refractivity contribution is 6.00. The Morgan fingerprint density at radius 2 is 1.52 bits per heavy atom. The van der Waals surface area contributed by atoms with Gasteiger partial charge in [0.1, 0.15) is 0 Å². The number of benzene rings is 2. The van der Waals surface area contributed by atoms with Crippen molar-refractivity contribution in [1.82, 2.24) is 4.98 Å². The third-order valence-corrected chi connectivity index (χ3v) is 5.17. The smallest absolute Gasteiger partial charge is 0.179 e. The molecular weight excluding hydrogens is 356 g/mol. The molecular formula is C25H26N4. The Bertz CT molecular complexity index is 1060. The molecule has 0 aliphatic carbocycles. The van der Waals surface area contributed by atoms with Gasteiger partial charge in [0.25, 0.3) is 0 Å². The van der Waals surface area contributed by atoms with Gasteiger partial charge >= 0.3 is 0 Å². The van der Waals surface area contributed by atoms with Crippen molar-refractivity contribution in [3.8, 4) is 11.1 Å². The maximum atomic E-state index is 4.71. The Balaban J connectivity index is 1.45. The molecule has 0 fully saturated rings. The maximum absolute atomic E-state index is 4.71. The van der Waals surface area contributed by atoms with Crippen LogP contribution in [0.25, 0.3) is 11.1 Å². The summed E-state index contributed by atoms with van der Waals surface area (Å²) in [5.74, 6) is 0.707. The van der Waals surface area contributed by atoms with Gasteiger partial charge in [-0.3, -0.25) is 4.98 Å². The van der Waals surface area contributed by atoms with Gasteiger partial charge in [-0.1, -0.05) is 69.3 Å². The van der Waals surface area contributed by atoms with Gasteiger partial charge in [0.15, 0.2) is 12.0 Å². The lowest BCUT2D eigenvalue weighted by Crippen LogP contribution is -2.11. The van der Waals surface area contributed by atoms with Crippen LogP contribution in [0, 0.1) is 6.92 Å². The van der Waals surface area contributed by atoms with Gasteiger partial charge in [0.2, 0.25) is 0 Å². The monoisotopic (exact) mass is 382 g/mol. The molecule has 4 nitrogen and oxygen atoms in total. The van der Waals surface area contributed by atoms with Crippen LogP contribution >= 0.6 is 0 Å². The Morgan fingerprint density at radius 3 is 2.17 bits per heavy atom. The molecule has 0 saturated heterocycles. The normalized spacial score (nSPS) is 16.1. The van der Waals surface area contributed by atoms with Gasteiger partial charge in [-0.15, -0.1) is 5.11 Å². The standard InChI is InChI=1S/C25H26N4/c1-17-15-21(13-14-26-17)19-7-9-20(10-8-19)24-27-23(28-29-24)16-18-5-11-22(12-6-18)25(2,3)4/h5-15,23H,16H2,1-4H3. The van der Waals surface area contributed by atoms with Gasteiger partial charge in [0, 0.05) is 23.9 Å². The number of rotatable bonds is 4. The maximum Gasteiger partial charge on any atom is 0.179 e. The van der Waals surface area contributed by atoms with E-state index < -0.39 is 0 Å². The Kier molecular flexibility index (Phi) is 5.10. The first-order valence-corrected chi connectivity index (χ1v) is 10.00. The molecule has 0 spiro atoms. The molecule has 1 aliphatic rings. The molecule has 0 bridgehead atoms. The number of aryl methyl sites for hydroxylation is 1. The molecule has 0 radical (unpaired) electrons. The lowest BCUT2D eigenvalue weighted by atomic mass is 9.86. The molecule has 2 aromatic carbocycles. The second kappa shape index (κ2) is 7.70. The van der Waals surface area contributed by atoms with Crippen molar-refractivity contribution in [1.29, 1.82) is 0 Å². The number of aliphatic imine (C=N–C) groups is 1. The van der Waals surface area contributed by atoms with Crippen LogP contribution in [0.1, 0.15) is 43.2 Å². The van der Waals surface area contributed by atoms with E-state index >= 15 is 0 Å². The molecule has 0 amide bonds. The van der Waals surface area contributed by atoms with Crippen molar-refractivity contribution in [3.05, 3.63) is 89.2 Å². The minimum Gasteiger partial charge on any atom is -0.262 e. The minimum absolute atomic E-state index is 0.145. The summed E-state index contributed by atoms with van der Waals surface area (Å²) in [5.41, 5.74) is 7.06. The molecule has 0 saturated carbocycles. The fourth-order valence-corrected chi connectivity index (χ4v) is 3.42. The van der Waals surface area contributed by atoms with Crippen molar-refractivity contribution in [2.75, 3.05) is 0 Å².